The molecular weight excluding hydrogens is 320 g/mol. The number of morpholine rings is 1. The molecule has 1 atom stereocenters. The molecular formula is C18H28N4O3. The third-order valence-electron chi connectivity index (χ3n) is 4.60. The average molecular weight is 348 g/mol. The van der Waals surface area contributed by atoms with E-state index in [1.54, 1.807) is 11.1 Å². The fourth-order valence-electron chi connectivity index (χ4n) is 3.35. The van der Waals surface area contributed by atoms with E-state index in [1.807, 2.05) is 6.07 Å². The molecule has 2 fully saturated rings. The summed E-state index contributed by atoms with van der Waals surface area (Å²) < 4.78 is 11.4. The van der Waals surface area contributed by atoms with Gasteiger partial charge in [0.05, 0.1) is 19.3 Å². The lowest BCUT2D eigenvalue weighted by molar-refractivity contribution is -0.147. The maximum absolute atomic E-state index is 12.7. The Kier molecular flexibility index (Phi) is 6.20. The summed E-state index contributed by atoms with van der Waals surface area (Å²) in [4.78, 5) is 23.4. The van der Waals surface area contributed by atoms with Crippen molar-refractivity contribution in [1.29, 1.82) is 0 Å². The smallest absolute Gasteiger partial charge is 0.249 e. The highest BCUT2D eigenvalue weighted by atomic mass is 16.5. The number of nitrogens with one attached hydrogen (secondary N) is 1. The maximum Gasteiger partial charge on any atom is 0.249 e. The van der Waals surface area contributed by atoms with Crippen molar-refractivity contribution < 1.29 is 14.3 Å². The summed E-state index contributed by atoms with van der Waals surface area (Å²) in [5.41, 5.74) is 0. The molecule has 1 aliphatic carbocycles. The highest BCUT2D eigenvalue weighted by Crippen LogP contribution is 2.24. The van der Waals surface area contributed by atoms with Gasteiger partial charge in [-0.1, -0.05) is 12.8 Å². The fraction of sp³-hybridized carbons (Fsp3) is 0.722. The van der Waals surface area contributed by atoms with E-state index in [2.05, 4.69) is 29.1 Å². The van der Waals surface area contributed by atoms with E-state index in [-0.39, 0.29) is 30.7 Å². The van der Waals surface area contributed by atoms with Gasteiger partial charge in [-0.25, -0.2) is 9.97 Å². The molecule has 1 amide bonds. The number of carbonyl (C=O) groups excluding carboxylic acids is 1. The van der Waals surface area contributed by atoms with E-state index in [1.165, 1.54) is 12.8 Å². The number of hydrogen-bond acceptors (Lipinski definition) is 6. The first-order chi connectivity index (χ1) is 12.1. The summed E-state index contributed by atoms with van der Waals surface area (Å²) in [5, 5.41) is 3.27. The SMILES string of the molecule is CC(C)Nc1ccnc([C@@H]2COCCN2C(=O)COC2CCCC2)n1. The standard InChI is InChI=1S/C18H28N4O3/c1-13(2)20-16-7-8-19-18(21-16)15-11-24-10-9-22(15)17(23)12-25-14-5-3-4-6-14/h7-8,13-15H,3-6,9-12H2,1-2H3,(H,19,20,21)/t15-/m0/s1. The van der Waals surface area contributed by atoms with E-state index in [9.17, 15) is 4.79 Å². The van der Waals surface area contributed by atoms with Gasteiger partial charge in [-0.15, -0.1) is 0 Å². The van der Waals surface area contributed by atoms with Crippen molar-refractivity contribution in [1.82, 2.24) is 14.9 Å². The van der Waals surface area contributed by atoms with Crippen LogP contribution in [-0.2, 0) is 14.3 Å². The summed E-state index contributed by atoms with van der Waals surface area (Å²) in [5.74, 6) is 1.37. The predicted octanol–water partition coefficient (Wildman–Crippen LogP) is 2.16. The first kappa shape index (κ1) is 18.1. The molecule has 2 aliphatic rings. The van der Waals surface area contributed by atoms with Crippen molar-refractivity contribution in [2.75, 3.05) is 31.7 Å². The summed E-state index contributed by atoms with van der Waals surface area (Å²) in [6.45, 7) is 5.74. The molecule has 1 N–H and O–H groups in total. The largest absolute Gasteiger partial charge is 0.377 e. The van der Waals surface area contributed by atoms with Crippen LogP contribution in [0, 0.1) is 0 Å². The zero-order valence-corrected chi connectivity index (χ0v) is 15.1. The third-order valence-corrected chi connectivity index (χ3v) is 4.60. The molecule has 2 heterocycles. The zero-order chi connectivity index (χ0) is 17.6. The molecule has 7 nitrogen and oxygen atoms in total. The molecule has 1 aromatic heterocycles. The topological polar surface area (TPSA) is 76.6 Å². The average Bonchev–Trinajstić information content (AvgIpc) is 3.13. The lowest BCUT2D eigenvalue weighted by Gasteiger charge is -2.34. The Labute approximate surface area is 149 Å². The Morgan fingerprint density at radius 2 is 2.24 bits per heavy atom. The third kappa shape index (κ3) is 4.89. The predicted molar refractivity (Wildman–Crippen MR) is 94.3 cm³/mol. The van der Waals surface area contributed by atoms with Gasteiger partial charge in [-0.2, -0.15) is 0 Å². The first-order valence-electron chi connectivity index (χ1n) is 9.22. The Balaban J connectivity index is 1.66. The summed E-state index contributed by atoms with van der Waals surface area (Å²) >= 11 is 0. The Bertz CT molecular complexity index is 575. The van der Waals surface area contributed by atoms with Crippen molar-refractivity contribution in [3.05, 3.63) is 18.1 Å². The number of hydrogen-bond donors (Lipinski definition) is 1. The Hall–Kier alpha value is -1.73. The highest BCUT2D eigenvalue weighted by molar-refractivity contribution is 5.78. The molecule has 0 radical (unpaired) electrons. The number of aromatic nitrogens is 2. The number of nitrogens with zero attached hydrogens (tertiary/aromatic N) is 3. The Morgan fingerprint density at radius 1 is 1.44 bits per heavy atom. The molecule has 7 heteroatoms. The van der Waals surface area contributed by atoms with Gasteiger partial charge in [-0.05, 0) is 32.8 Å². The molecule has 1 aromatic rings. The molecule has 0 unspecified atom stereocenters. The van der Waals surface area contributed by atoms with Gasteiger partial charge in [-0.3, -0.25) is 4.79 Å². The normalized spacial score (nSPS) is 21.7. The molecule has 0 bridgehead atoms. The van der Waals surface area contributed by atoms with E-state index in [4.69, 9.17) is 9.47 Å². The molecule has 25 heavy (non-hydrogen) atoms. The van der Waals surface area contributed by atoms with Crippen LogP contribution in [-0.4, -0.2) is 59.3 Å². The molecule has 3 rings (SSSR count). The second-order valence-corrected chi connectivity index (χ2v) is 6.99. The van der Waals surface area contributed by atoms with Crippen molar-refractivity contribution in [3.63, 3.8) is 0 Å². The number of rotatable bonds is 6. The zero-order valence-electron chi connectivity index (χ0n) is 15.1. The van der Waals surface area contributed by atoms with Gasteiger partial charge in [0.2, 0.25) is 5.91 Å². The summed E-state index contributed by atoms with van der Waals surface area (Å²) in [7, 11) is 0. The van der Waals surface area contributed by atoms with Crippen LogP contribution in [0.2, 0.25) is 0 Å². The minimum Gasteiger partial charge on any atom is -0.377 e. The van der Waals surface area contributed by atoms with E-state index < -0.39 is 0 Å². The summed E-state index contributed by atoms with van der Waals surface area (Å²) in [6, 6.07) is 1.85. The van der Waals surface area contributed by atoms with Crippen LogP contribution in [0.15, 0.2) is 12.3 Å². The van der Waals surface area contributed by atoms with Crippen molar-refractivity contribution >= 4 is 11.7 Å². The van der Waals surface area contributed by atoms with E-state index in [0.29, 0.717) is 25.6 Å². The van der Waals surface area contributed by atoms with Crippen LogP contribution in [0.4, 0.5) is 5.82 Å². The number of carbonyl (C=O) groups is 1. The van der Waals surface area contributed by atoms with Crippen molar-refractivity contribution in [2.24, 2.45) is 0 Å². The molecule has 0 spiro atoms. The van der Waals surface area contributed by atoms with Crippen LogP contribution >= 0.6 is 0 Å². The molecule has 1 saturated heterocycles. The van der Waals surface area contributed by atoms with E-state index >= 15 is 0 Å². The van der Waals surface area contributed by atoms with Crippen molar-refractivity contribution in [3.8, 4) is 0 Å². The minimum absolute atomic E-state index is 0.00831. The number of amides is 1. The second kappa shape index (κ2) is 8.58. The summed E-state index contributed by atoms with van der Waals surface area (Å²) in [6.07, 6.45) is 6.47. The van der Waals surface area contributed by atoms with Gasteiger partial charge < -0.3 is 19.7 Å². The number of ether oxygens (including phenoxy) is 2. The minimum atomic E-state index is -0.262. The van der Waals surface area contributed by atoms with E-state index in [0.717, 1.165) is 18.7 Å². The highest BCUT2D eigenvalue weighted by Gasteiger charge is 2.31. The van der Waals surface area contributed by atoms with Gasteiger partial charge in [0.25, 0.3) is 0 Å². The molecule has 1 aliphatic heterocycles. The van der Waals surface area contributed by atoms with Crippen LogP contribution < -0.4 is 5.32 Å². The van der Waals surface area contributed by atoms with Gasteiger partial charge in [0, 0.05) is 18.8 Å². The van der Waals surface area contributed by atoms with Crippen LogP contribution in [0.25, 0.3) is 0 Å². The van der Waals surface area contributed by atoms with Gasteiger partial charge >= 0.3 is 0 Å². The van der Waals surface area contributed by atoms with Gasteiger partial charge in [0.1, 0.15) is 18.5 Å². The van der Waals surface area contributed by atoms with Crippen LogP contribution in [0.3, 0.4) is 0 Å². The lowest BCUT2D eigenvalue weighted by atomic mass is 10.2. The quantitative estimate of drug-likeness (QED) is 0.849. The lowest BCUT2D eigenvalue weighted by Crippen LogP contribution is -2.45. The molecule has 1 saturated carbocycles. The molecule has 0 aromatic carbocycles. The monoisotopic (exact) mass is 348 g/mol. The maximum atomic E-state index is 12.7. The van der Waals surface area contributed by atoms with Crippen molar-refractivity contribution in [2.45, 2.75) is 57.7 Å². The van der Waals surface area contributed by atoms with Gasteiger partial charge in [0.15, 0.2) is 5.82 Å². The molecule has 138 valence electrons. The number of anilines is 1. The first-order valence-corrected chi connectivity index (χ1v) is 9.22. The van der Waals surface area contributed by atoms with Crippen LogP contribution in [0.1, 0.15) is 51.4 Å². The second-order valence-electron chi connectivity index (χ2n) is 6.99. The Morgan fingerprint density at radius 3 is 3.00 bits per heavy atom. The van der Waals surface area contributed by atoms with Crippen LogP contribution in [0.5, 0.6) is 0 Å². The fourth-order valence-corrected chi connectivity index (χ4v) is 3.35.